The summed E-state index contributed by atoms with van der Waals surface area (Å²) in [6, 6.07) is 6.78. The van der Waals surface area contributed by atoms with Gasteiger partial charge in [-0.25, -0.2) is 0 Å². The summed E-state index contributed by atoms with van der Waals surface area (Å²) >= 11 is 7.36. The second-order valence-corrected chi connectivity index (χ2v) is 8.74. The molecule has 0 unspecified atom stereocenters. The number of halogens is 2. The topological polar surface area (TPSA) is 54.5 Å². The number of ketones is 1. The Hall–Kier alpha value is -1.01. The van der Waals surface area contributed by atoms with E-state index in [-0.39, 0.29) is 50.9 Å². The number of carbonyl (C=O) groups is 3. The van der Waals surface area contributed by atoms with E-state index in [1.165, 1.54) is 11.8 Å². The zero-order valence-electron chi connectivity index (χ0n) is 12.4. The fraction of sp³-hybridized carbons (Fsp3) is 0.471. The van der Waals surface area contributed by atoms with Gasteiger partial charge in [-0.15, -0.1) is 0 Å². The standard InChI is InChI=1S/C17H15Br2NO3/c1-7(21)8-3-2-4-9(5-8)20-16(22)12-10-6-11(13(12)17(20)23)15(19)14(10)18/h2-5,10-15H,6H2,1H3/t10-,11+,12-,13-,14+,15-/m0/s1. The third-order valence-corrected chi connectivity index (χ3v) is 8.70. The maximum atomic E-state index is 12.9. The molecule has 4 nitrogen and oxygen atoms in total. The molecular formula is C17H15Br2NO3. The molecule has 0 spiro atoms. The van der Waals surface area contributed by atoms with Gasteiger partial charge in [0.1, 0.15) is 0 Å². The van der Waals surface area contributed by atoms with E-state index in [0.717, 1.165) is 6.42 Å². The fourth-order valence-electron chi connectivity index (χ4n) is 4.47. The third-order valence-electron chi connectivity index (χ3n) is 5.50. The largest absolute Gasteiger partial charge is 0.295 e. The van der Waals surface area contributed by atoms with Crippen molar-refractivity contribution in [1.29, 1.82) is 0 Å². The SMILES string of the molecule is CC(=O)c1cccc(N2C(=O)[C@H]3[C@@H]4C[C@@H]([C@H](Br)[C@@H]4Br)[C@@H]3C2=O)c1. The average Bonchev–Trinajstić information content (AvgIpc) is 3.12. The van der Waals surface area contributed by atoms with Gasteiger partial charge in [0.2, 0.25) is 11.8 Å². The van der Waals surface area contributed by atoms with Gasteiger partial charge in [-0.3, -0.25) is 19.3 Å². The van der Waals surface area contributed by atoms with E-state index >= 15 is 0 Å². The van der Waals surface area contributed by atoms with Crippen LogP contribution in [0.1, 0.15) is 23.7 Å². The number of anilines is 1. The van der Waals surface area contributed by atoms with Crippen LogP contribution in [-0.2, 0) is 9.59 Å². The van der Waals surface area contributed by atoms with Gasteiger partial charge < -0.3 is 0 Å². The number of Topliss-reactive ketones (excluding diaryl/α,β-unsaturated/α-hetero) is 1. The van der Waals surface area contributed by atoms with Gasteiger partial charge in [0, 0.05) is 15.2 Å². The minimum atomic E-state index is -0.230. The minimum Gasteiger partial charge on any atom is -0.295 e. The summed E-state index contributed by atoms with van der Waals surface area (Å²) in [5.74, 6) is -0.363. The molecule has 0 N–H and O–H groups in total. The lowest BCUT2D eigenvalue weighted by Gasteiger charge is -2.28. The zero-order valence-corrected chi connectivity index (χ0v) is 15.6. The summed E-state index contributed by atoms with van der Waals surface area (Å²) in [4.78, 5) is 39.1. The second-order valence-electron chi connectivity index (χ2n) is 6.62. The van der Waals surface area contributed by atoms with Gasteiger partial charge in [0.05, 0.1) is 17.5 Å². The van der Waals surface area contributed by atoms with Crippen LogP contribution in [0.5, 0.6) is 0 Å². The molecule has 4 rings (SSSR count). The quantitative estimate of drug-likeness (QED) is 0.403. The van der Waals surface area contributed by atoms with Crippen molar-refractivity contribution in [2.75, 3.05) is 4.90 Å². The van der Waals surface area contributed by atoms with E-state index in [2.05, 4.69) is 31.9 Å². The molecule has 3 aliphatic rings. The molecular weight excluding hydrogens is 426 g/mol. The van der Waals surface area contributed by atoms with Gasteiger partial charge in [-0.1, -0.05) is 44.0 Å². The van der Waals surface area contributed by atoms with Crippen molar-refractivity contribution in [2.24, 2.45) is 23.7 Å². The number of hydrogen-bond donors (Lipinski definition) is 0. The first kappa shape index (κ1) is 15.5. The van der Waals surface area contributed by atoms with Crippen molar-refractivity contribution in [3.8, 4) is 0 Å². The first-order valence-electron chi connectivity index (χ1n) is 7.68. The fourth-order valence-corrected chi connectivity index (χ4v) is 6.34. The van der Waals surface area contributed by atoms with Crippen molar-refractivity contribution in [1.82, 2.24) is 0 Å². The Morgan fingerprint density at radius 1 is 1.09 bits per heavy atom. The van der Waals surface area contributed by atoms with E-state index in [0.29, 0.717) is 11.3 Å². The highest BCUT2D eigenvalue weighted by Gasteiger charge is 2.66. The van der Waals surface area contributed by atoms with Gasteiger partial charge in [0.15, 0.2) is 5.78 Å². The smallest absolute Gasteiger partial charge is 0.238 e. The van der Waals surface area contributed by atoms with Crippen molar-refractivity contribution in [3.05, 3.63) is 29.8 Å². The van der Waals surface area contributed by atoms with Gasteiger partial charge in [0.25, 0.3) is 0 Å². The molecule has 6 atom stereocenters. The molecule has 2 saturated carbocycles. The third kappa shape index (κ3) is 2.03. The molecule has 1 aromatic carbocycles. The molecule has 2 amide bonds. The van der Waals surface area contributed by atoms with Crippen molar-refractivity contribution < 1.29 is 14.4 Å². The lowest BCUT2D eigenvalue weighted by Crippen LogP contribution is -2.37. The summed E-state index contributed by atoms with van der Waals surface area (Å²) in [6.45, 7) is 1.48. The Kier molecular flexibility index (Phi) is 3.54. The molecule has 1 aliphatic heterocycles. The number of fused-ring (bicyclic) bond motifs is 5. The number of benzene rings is 1. The predicted octanol–water partition coefficient (Wildman–Crippen LogP) is 3.17. The lowest BCUT2D eigenvalue weighted by atomic mass is 9.81. The summed E-state index contributed by atoms with van der Waals surface area (Å²) in [7, 11) is 0. The summed E-state index contributed by atoms with van der Waals surface area (Å²) in [6.07, 6.45) is 0.917. The number of amides is 2. The van der Waals surface area contributed by atoms with Gasteiger partial charge >= 0.3 is 0 Å². The molecule has 0 radical (unpaired) electrons. The number of nitrogens with zero attached hydrogens (tertiary/aromatic N) is 1. The highest BCUT2D eigenvalue weighted by atomic mass is 79.9. The van der Waals surface area contributed by atoms with E-state index in [9.17, 15) is 14.4 Å². The number of alkyl halides is 2. The monoisotopic (exact) mass is 439 g/mol. The van der Waals surface area contributed by atoms with Crippen LogP contribution in [0.2, 0.25) is 0 Å². The van der Waals surface area contributed by atoms with Crippen molar-refractivity contribution in [2.45, 2.75) is 23.0 Å². The van der Waals surface area contributed by atoms with Crippen LogP contribution < -0.4 is 4.90 Å². The average molecular weight is 441 g/mol. The molecule has 1 saturated heterocycles. The van der Waals surface area contributed by atoms with Crippen molar-refractivity contribution >= 4 is 55.1 Å². The molecule has 1 heterocycles. The van der Waals surface area contributed by atoms with Crippen LogP contribution in [0, 0.1) is 23.7 Å². The Morgan fingerprint density at radius 2 is 1.65 bits per heavy atom. The van der Waals surface area contributed by atoms with E-state index in [4.69, 9.17) is 0 Å². The maximum Gasteiger partial charge on any atom is 0.238 e. The first-order chi connectivity index (χ1) is 10.9. The molecule has 2 bridgehead atoms. The van der Waals surface area contributed by atoms with Crippen molar-refractivity contribution in [3.63, 3.8) is 0 Å². The molecule has 6 heteroatoms. The Labute approximate surface area is 150 Å². The Balaban J connectivity index is 1.73. The molecule has 120 valence electrons. The normalized spacial score (nSPS) is 38.3. The lowest BCUT2D eigenvalue weighted by molar-refractivity contribution is -0.123. The Morgan fingerprint density at radius 3 is 2.17 bits per heavy atom. The second kappa shape index (κ2) is 5.24. The van der Waals surface area contributed by atoms with E-state index in [1.807, 2.05) is 0 Å². The summed E-state index contributed by atoms with van der Waals surface area (Å²) < 4.78 is 0. The summed E-state index contributed by atoms with van der Waals surface area (Å²) in [5.41, 5.74) is 1.03. The zero-order chi connectivity index (χ0) is 16.5. The first-order valence-corrected chi connectivity index (χ1v) is 9.52. The molecule has 3 fully saturated rings. The van der Waals surface area contributed by atoms with Crippen LogP contribution in [0.25, 0.3) is 0 Å². The van der Waals surface area contributed by atoms with Crippen LogP contribution in [0.3, 0.4) is 0 Å². The molecule has 23 heavy (non-hydrogen) atoms. The predicted molar refractivity (Wildman–Crippen MR) is 92.9 cm³/mol. The van der Waals surface area contributed by atoms with Gasteiger partial charge in [-0.05, 0) is 37.3 Å². The number of imide groups is 1. The molecule has 0 aromatic heterocycles. The highest BCUT2D eigenvalue weighted by molar-refractivity contribution is 9.12. The number of rotatable bonds is 2. The van der Waals surface area contributed by atoms with E-state index in [1.54, 1.807) is 24.3 Å². The number of hydrogen-bond acceptors (Lipinski definition) is 3. The minimum absolute atomic E-state index is 0.0766. The Bertz CT molecular complexity index is 702. The van der Waals surface area contributed by atoms with E-state index < -0.39 is 0 Å². The molecule has 1 aromatic rings. The van der Waals surface area contributed by atoms with Crippen LogP contribution in [0.4, 0.5) is 5.69 Å². The van der Waals surface area contributed by atoms with Crippen LogP contribution in [-0.4, -0.2) is 27.3 Å². The van der Waals surface area contributed by atoms with Crippen LogP contribution >= 0.6 is 31.9 Å². The summed E-state index contributed by atoms with van der Waals surface area (Å²) in [5, 5.41) is 0. The number of carbonyl (C=O) groups excluding carboxylic acids is 3. The highest BCUT2D eigenvalue weighted by Crippen LogP contribution is 2.60. The molecule has 2 aliphatic carbocycles. The van der Waals surface area contributed by atoms with Crippen LogP contribution in [0.15, 0.2) is 24.3 Å². The van der Waals surface area contributed by atoms with Gasteiger partial charge in [-0.2, -0.15) is 0 Å². The maximum absolute atomic E-state index is 12.9.